The van der Waals surface area contributed by atoms with Crippen molar-refractivity contribution < 1.29 is 0 Å². The summed E-state index contributed by atoms with van der Waals surface area (Å²) >= 11 is 0. The minimum absolute atomic E-state index is 0.719. The molecule has 0 N–H and O–H groups in total. The molecule has 2 rings (SSSR count). The Bertz CT molecular complexity index is 486. The van der Waals surface area contributed by atoms with E-state index in [0.29, 0.717) is 0 Å². The van der Waals surface area contributed by atoms with Crippen molar-refractivity contribution >= 4 is 0 Å². The Balaban J connectivity index is 2.70. The first-order valence-electron chi connectivity index (χ1n) is 6.62. The van der Waals surface area contributed by atoms with Crippen LogP contribution in [0.1, 0.15) is 59.1 Å². The van der Waals surface area contributed by atoms with Crippen LogP contribution in [-0.4, -0.2) is 0 Å². The smallest absolute Gasteiger partial charge is 0.0343 e. The predicted molar refractivity (Wildman–Crippen MR) is 74.5 cm³/mol. The fraction of sp³-hybridized carbons (Fsp3) is 0.529. The summed E-state index contributed by atoms with van der Waals surface area (Å²) < 4.78 is 0. The molecule has 0 bridgehead atoms. The lowest BCUT2D eigenvalue weighted by atomic mass is 9.76. The Morgan fingerprint density at radius 3 is 2.53 bits per heavy atom. The summed E-state index contributed by atoms with van der Waals surface area (Å²) in [7, 11) is 0. The Morgan fingerprint density at radius 2 is 1.88 bits per heavy atom. The van der Waals surface area contributed by atoms with Crippen LogP contribution in [0.4, 0.5) is 0 Å². The summed E-state index contributed by atoms with van der Waals surface area (Å²) in [6, 6.07) is 0. The minimum atomic E-state index is 0.719. The van der Waals surface area contributed by atoms with Gasteiger partial charge in [0.15, 0.2) is 0 Å². The fourth-order valence-electron chi connectivity index (χ4n) is 3.41. The standard InChI is InChI=1S/C17H22/c1-6-8-15-12(3)13(4)17-11(2)9-7-10-16(17)14(15)5/h1,11H,7-10H2,2-5H3. The largest absolute Gasteiger partial charge is 0.120 e. The first kappa shape index (κ1) is 12.2. The van der Waals surface area contributed by atoms with E-state index in [1.54, 1.807) is 11.1 Å². The molecule has 0 aliphatic heterocycles. The summed E-state index contributed by atoms with van der Waals surface area (Å²) in [6.07, 6.45) is 10.2. The van der Waals surface area contributed by atoms with Gasteiger partial charge in [-0.1, -0.05) is 6.92 Å². The number of benzene rings is 1. The molecule has 0 radical (unpaired) electrons. The first-order valence-corrected chi connectivity index (χ1v) is 6.62. The highest BCUT2D eigenvalue weighted by Gasteiger charge is 2.23. The molecule has 17 heavy (non-hydrogen) atoms. The molecule has 0 amide bonds. The molecule has 1 unspecified atom stereocenters. The van der Waals surface area contributed by atoms with Crippen molar-refractivity contribution in [2.75, 3.05) is 0 Å². The molecule has 0 fully saturated rings. The van der Waals surface area contributed by atoms with Crippen LogP contribution >= 0.6 is 0 Å². The van der Waals surface area contributed by atoms with Gasteiger partial charge in [-0.3, -0.25) is 0 Å². The molecule has 1 aliphatic rings. The monoisotopic (exact) mass is 226 g/mol. The van der Waals surface area contributed by atoms with Crippen LogP contribution in [0.5, 0.6) is 0 Å². The van der Waals surface area contributed by atoms with Gasteiger partial charge in [-0.05, 0) is 79.3 Å². The third-order valence-corrected chi connectivity index (χ3v) is 4.49. The molecule has 0 saturated carbocycles. The molecule has 0 heteroatoms. The molecule has 0 aromatic heterocycles. The van der Waals surface area contributed by atoms with Crippen LogP contribution in [0.2, 0.25) is 0 Å². The van der Waals surface area contributed by atoms with Gasteiger partial charge in [0.1, 0.15) is 0 Å². The normalized spacial score (nSPS) is 18.6. The third-order valence-electron chi connectivity index (χ3n) is 4.49. The van der Waals surface area contributed by atoms with Crippen molar-refractivity contribution in [2.45, 2.75) is 59.3 Å². The van der Waals surface area contributed by atoms with Crippen LogP contribution in [0.15, 0.2) is 0 Å². The van der Waals surface area contributed by atoms with Crippen LogP contribution in [0.25, 0.3) is 0 Å². The second-order valence-corrected chi connectivity index (χ2v) is 5.42. The van der Waals surface area contributed by atoms with Gasteiger partial charge in [-0.25, -0.2) is 0 Å². The van der Waals surface area contributed by atoms with Gasteiger partial charge in [0.25, 0.3) is 0 Å². The molecule has 0 spiro atoms. The third kappa shape index (κ3) is 1.89. The maximum Gasteiger partial charge on any atom is 0.0343 e. The average Bonchev–Trinajstić information content (AvgIpc) is 2.31. The van der Waals surface area contributed by atoms with Gasteiger partial charge < -0.3 is 0 Å². The van der Waals surface area contributed by atoms with Gasteiger partial charge in [0.2, 0.25) is 0 Å². The molecule has 1 aliphatic carbocycles. The number of rotatable bonds is 1. The van der Waals surface area contributed by atoms with Crippen molar-refractivity contribution in [2.24, 2.45) is 0 Å². The summed E-state index contributed by atoms with van der Waals surface area (Å²) in [6.45, 7) is 9.13. The van der Waals surface area contributed by atoms with Crippen molar-refractivity contribution in [1.29, 1.82) is 0 Å². The van der Waals surface area contributed by atoms with Crippen LogP contribution < -0.4 is 0 Å². The van der Waals surface area contributed by atoms with Gasteiger partial charge in [0.05, 0.1) is 0 Å². The molecule has 1 atom stereocenters. The van der Waals surface area contributed by atoms with Crippen molar-refractivity contribution in [3.63, 3.8) is 0 Å². The highest BCUT2D eigenvalue weighted by atomic mass is 14.3. The van der Waals surface area contributed by atoms with Gasteiger partial charge in [-0.15, -0.1) is 12.3 Å². The summed E-state index contributed by atoms with van der Waals surface area (Å²) in [5, 5.41) is 0. The Hall–Kier alpha value is -1.22. The average molecular weight is 226 g/mol. The second kappa shape index (κ2) is 4.57. The van der Waals surface area contributed by atoms with E-state index in [4.69, 9.17) is 6.42 Å². The molecule has 0 saturated heterocycles. The quantitative estimate of drug-likeness (QED) is 0.629. The highest BCUT2D eigenvalue weighted by Crippen LogP contribution is 2.38. The molecule has 90 valence electrons. The molecule has 1 aromatic carbocycles. The molecule has 0 heterocycles. The number of hydrogen-bond acceptors (Lipinski definition) is 0. The van der Waals surface area contributed by atoms with Crippen LogP contribution in [-0.2, 0) is 12.8 Å². The zero-order chi connectivity index (χ0) is 12.6. The molecular formula is C17H22. The van der Waals surface area contributed by atoms with E-state index in [2.05, 4.69) is 33.6 Å². The maximum absolute atomic E-state index is 5.50. The van der Waals surface area contributed by atoms with E-state index in [0.717, 1.165) is 12.3 Å². The lowest BCUT2D eigenvalue weighted by Crippen LogP contribution is -2.14. The van der Waals surface area contributed by atoms with Gasteiger partial charge in [-0.2, -0.15) is 0 Å². The van der Waals surface area contributed by atoms with E-state index in [1.165, 1.54) is 41.5 Å². The van der Waals surface area contributed by atoms with Gasteiger partial charge >= 0.3 is 0 Å². The summed E-state index contributed by atoms with van der Waals surface area (Å²) in [4.78, 5) is 0. The Morgan fingerprint density at radius 1 is 1.18 bits per heavy atom. The fourth-order valence-corrected chi connectivity index (χ4v) is 3.41. The number of hydrogen-bond donors (Lipinski definition) is 0. The lowest BCUT2D eigenvalue weighted by Gasteiger charge is -2.29. The second-order valence-electron chi connectivity index (χ2n) is 5.42. The zero-order valence-corrected chi connectivity index (χ0v) is 11.5. The zero-order valence-electron chi connectivity index (χ0n) is 11.5. The van der Waals surface area contributed by atoms with Gasteiger partial charge in [0, 0.05) is 6.42 Å². The number of terminal acetylenes is 1. The SMILES string of the molecule is C#CCc1c(C)c(C)c2c(c1C)CCCC2C. The number of fused-ring (bicyclic) bond motifs is 1. The van der Waals surface area contributed by atoms with E-state index >= 15 is 0 Å². The lowest BCUT2D eigenvalue weighted by molar-refractivity contribution is 0.583. The predicted octanol–water partition coefficient (Wildman–Crippen LogP) is 4.23. The van der Waals surface area contributed by atoms with Crippen LogP contribution in [0.3, 0.4) is 0 Å². The van der Waals surface area contributed by atoms with Crippen LogP contribution in [0, 0.1) is 33.1 Å². The highest BCUT2D eigenvalue weighted by molar-refractivity contribution is 5.53. The Kier molecular flexibility index (Phi) is 3.29. The van der Waals surface area contributed by atoms with Crippen molar-refractivity contribution in [3.8, 4) is 12.3 Å². The molecule has 1 aromatic rings. The Labute approximate surface area is 105 Å². The maximum atomic E-state index is 5.50. The van der Waals surface area contributed by atoms with E-state index in [1.807, 2.05) is 0 Å². The summed E-state index contributed by atoms with van der Waals surface area (Å²) in [5.41, 5.74) is 8.99. The van der Waals surface area contributed by atoms with E-state index < -0.39 is 0 Å². The van der Waals surface area contributed by atoms with Crippen molar-refractivity contribution in [1.82, 2.24) is 0 Å². The summed E-state index contributed by atoms with van der Waals surface area (Å²) in [5.74, 6) is 3.53. The first-order chi connectivity index (χ1) is 8.07. The molecule has 0 nitrogen and oxygen atoms in total. The van der Waals surface area contributed by atoms with Crippen molar-refractivity contribution in [3.05, 3.63) is 33.4 Å². The topological polar surface area (TPSA) is 0 Å². The van der Waals surface area contributed by atoms with E-state index in [9.17, 15) is 0 Å². The minimum Gasteiger partial charge on any atom is -0.120 e. The molecular weight excluding hydrogens is 204 g/mol. The van der Waals surface area contributed by atoms with E-state index in [-0.39, 0.29) is 0 Å².